The second-order valence-corrected chi connectivity index (χ2v) is 5.27. The van der Waals surface area contributed by atoms with E-state index in [-0.39, 0.29) is 5.91 Å². The average Bonchev–Trinajstić information content (AvgIpc) is 2.38. The Balaban J connectivity index is 2.02. The Bertz CT molecular complexity index is 417. The van der Waals surface area contributed by atoms with Crippen molar-refractivity contribution < 1.29 is 4.79 Å². The van der Waals surface area contributed by atoms with Crippen LogP contribution in [0.2, 0.25) is 0 Å². The molecule has 0 aromatic heterocycles. The summed E-state index contributed by atoms with van der Waals surface area (Å²) in [5.41, 5.74) is 1.77. The fourth-order valence-corrected chi connectivity index (χ4v) is 2.70. The molecule has 0 spiro atoms. The van der Waals surface area contributed by atoms with Crippen molar-refractivity contribution in [1.82, 2.24) is 5.32 Å². The van der Waals surface area contributed by atoms with Gasteiger partial charge in [0.2, 0.25) is 0 Å². The van der Waals surface area contributed by atoms with Gasteiger partial charge in [0.25, 0.3) is 5.91 Å². The van der Waals surface area contributed by atoms with Crippen molar-refractivity contribution in [2.24, 2.45) is 5.92 Å². The van der Waals surface area contributed by atoms with Crippen LogP contribution in [0.4, 0.5) is 5.69 Å². The fraction of sp³-hybridized carbons (Fsp3) is 0.533. The van der Waals surface area contributed by atoms with Crippen LogP contribution in [-0.4, -0.2) is 19.0 Å². The minimum absolute atomic E-state index is 0.0318. The van der Waals surface area contributed by atoms with Crippen LogP contribution in [0.25, 0.3) is 0 Å². The molecule has 0 radical (unpaired) electrons. The number of rotatable bonds is 3. The molecule has 1 fully saturated rings. The molecule has 1 aliphatic carbocycles. The van der Waals surface area contributed by atoms with E-state index >= 15 is 0 Å². The summed E-state index contributed by atoms with van der Waals surface area (Å²) in [5, 5.41) is 6.20. The molecule has 0 saturated heterocycles. The van der Waals surface area contributed by atoms with Gasteiger partial charge in [-0.25, -0.2) is 0 Å². The molecule has 18 heavy (non-hydrogen) atoms. The van der Waals surface area contributed by atoms with E-state index in [0.29, 0.717) is 11.6 Å². The number of hydrogen-bond donors (Lipinski definition) is 2. The van der Waals surface area contributed by atoms with Gasteiger partial charge in [0.15, 0.2) is 0 Å². The number of carbonyl (C=O) groups excluding carboxylic acids is 1. The average molecular weight is 246 g/mol. The highest BCUT2D eigenvalue weighted by atomic mass is 16.1. The summed E-state index contributed by atoms with van der Waals surface area (Å²) in [6.45, 7) is 2.31. The lowest BCUT2D eigenvalue weighted by Crippen LogP contribution is -2.26. The van der Waals surface area contributed by atoms with Crippen molar-refractivity contribution in [2.75, 3.05) is 12.4 Å². The summed E-state index contributed by atoms with van der Waals surface area (Å²) in [6, 6.07) is 8.28. The molecule has 2 rings (SSSR count). The highest BCUT2D eigenvalue weighted by molar-refractivity contribution is 5.94. The minimum Gasteiger partial charge on any atom is -0.382 e. The number of hydrogen-bond acceptors (Lipinski definition) is 2. The second-order valence-electron chi connectivity index (χ2n) is 5.27. The fourth-order valence-electron chi connectivity index (χ4n) is 2.70. The highest BCUT2D eigenvalue weighted by Crippen LogP contribution is 2.26. The lowest BCUT2D eigenvalue weighted by atomic mass is 9.87. The predicted molar refractivity (Wildman–Crippen MR) is 74.9 cm³/mol. The highest BCUT2D eigenvalue weighted by Gasteiger charge is 2.18. The van der Waals surface area contributed by atoms with Gasteiger partial charge in [-0.3, -0.25) is 4.79 Å². The summed E-state index contributed by atoms with van der Waals surface area (Å²) in [4.78, 5) is 11.6. The van der Waals surface area contributed by atoms with Crippen LogP contribution >= 0.6 is 0 Å². The summed E-state index contributed by atoms with van der Waals surface area (Å²) < 4.78 is 0. The molecule has 2 unspecified atom stereocenters. The van der Waals surface area contributed by atoms with Crippen LogP contribution in [0.5, 0.6) is 0 Å². The molecule has 1 aromatic carbocycles. The Morgan fingerprint density at radius 3 is 2.89 bits per heavy atom. The molecule has 1 saturated carbocycles. The van der Waals surface area contributed by atoms with Gasteiger partial charge < -0.3 is 10.6 Å². The minimum atomic E-state index is -0.0318. The van der Waals surface area contributed by atoms with Gasteiger partial charge in [-0.1, -0.05) is 25.8 Å². The summed E-state index contributed by atoms with van der Waals surface area (Å²) >= 11 is 0. The van der Waals surface area contributed by atoms with Crippen molar-refractivity contribution in [3.05, 3.63) is 29.8 Å². The SMILES string of the molecule is CNC(=O)c1cccc(NC2CCCC(C)C2)c1. The zero-order chi connectivity index (χ0) is 13.0. The molecule has 98 valence electrons. The standard InChI is InChI=1S/C15H22N2O/c1-11-5-3-7-13(9-11)17-14-8-4-6-12(10-14)15(18)16-2/h4,6,8,10-11,13,17H,3,5,7,9H2,1-2H3,(H,16,18). The summed E-state index contributed by atoms with van der Waals surface area (Å²) in [6.07, 6.45) is 5.10. The Labute approximate surface area is 109 Å². The van der Waals surface area contributed by atoms with Crippen molar-refractivity contribution in [3.63, 3.8) is 0 Å². The van der Waals surface area contributed by atoms with Crippen molar-refractivity contribution in [2.45, 2.75) is 38.6 Å². The van der Waals surface area contributed by atoms with Crippen LogP contribution in [0.1, 0.15) is 43.0 Å². The Kier molecular flexibility index (Phi) is 4.24. The van der Waals surface area contributed by atoms with E-state index in [9.17, 15) is 4.79 Å². The van der Waals surface area contributed by atoms with Gasteiger partial charge in [0.05, 0.1) is 0 Å². The van der Waals surface area contributed by atoms with Crippen LogP contribution in [0, 0.1) is 5.92 Å². The monoisotopic (exact) mass is 246 g/mol. The Morgan fingerprint density at radius 2 is 2.17 bits per heavy atom. The third-order valence-electron chi connectivity index (χ3n) is 3.66. The number of amides is 1. The van der Waals surface area contributed by atoms with Gasteiger partial charge in [0, 0.05) is 24.3 Å². The number of carbonyl (C=O) groups is 1. The maximum Gasteiger partial charge on any atom is 0.251 e. The lowest BCUT2D eigenvalue weighted by Gasteiger charge is -2.28. The van der Waals surface area contributed by atoms with Crippen LogP contribution in [-0.2, 0) is 0 Å². The number of anilines is 1. The molecular weight excluding hydrogens is 224 g/mol. The third-order valence-corrected chi connectivity index (χ3v) is 3.66. The first kappa shape index (κ1) is 12.9. The van der Waals surface area contributed by atoms with Crippen molar-refractivity contribution in [1.29, 1.82) is 0 Å². The van der Waals surface area contributed by atoms with Gasteiger partial charge in [-0.15, -0.1) is 0 Å². The Morgan fingerprint density at radius 1 is 1.33 bits per heavy atom. The summed E-state index contributed by atoms with van der Waals surface area (Å²) in [5.74, 6) is 0.772. The molecule has 3 heteroatoms. The van der Waals surface area contributed by atoms with E-state index in [1.54, 1.807) is 7.05 Å². The summed E-state index contributed by atoms with van der Waals surface area (Å²) in [7, 11) is 1.66. The van der Waals surface area contributed by atoms with Gasteiger partial charge in [0.1, 0.15) is 0 Å². The van der Waals surface area contributed by atoms with Gasteiger partial charge in [-0.05, 0) is 37.0 Å². The van der Waals surface area contributed by atoms with E-state index < -0.39 is 0 Å². The van der Waals surface area contributed by atoms with Crippen LogP contribution in [0.3, 0.4) is 0 Å². The zero-order valence-electron chi connectivity index (χ0n) is 11.2. The lowest BCUT2D eigenvalue weighted by molar-refractivity contribution is 0.0963. The normalized spacial score (nSPS) is 23.4. The maximum absolute atomic E-state index is 11.6. The van der Waals surface area contributed by atoms with Crippen LogP contribution < -0.4 is 10.6 Å². The second kappa shape index (κ2) is 5.89. The zero-order valence-corrected chi connectivity index (χ0v) is 11.2. The third kappa shape index (κ3) is 3.25. The molecular formula is C15H22N2O. The molecule has 1 amide bonds. The van der Waals surface area contributed by atoms with E-state index in [4.69, 9.17) is 0 Å². The molecule has 2 atom stereocenters. The molecule has 0 heterocycles. The van der Waals surface area contributed by atoms with E-state index in [2.05, 4.69) is 17.6 Å². The van der Waals surface area contributed by atoms with Crippen LogP contribution in [0.15, 0.2) is 24.3 Å². The quantitative estimate of drug-likeness (QED) is 0.860. The van der Waals surface area contributed by atoms with E-state index in [0.717, 1.165) is 11.6 Å². The number of nitrogens with one attached hydrogen (secondary N) is 2. The molecule has 1 aliphatic rings. The first-order valence-corrected chi connectivity index (χ1v) is 6.77. The Hall–Kier alpha value is -1.51. The first-order valence-electron chi connectivity index (χ1n) is 6.77. The van der Waals surface area contributed by atoms with Crippen molar-refractivity contribution in [3.8, 4) is 0 Å². The van der Waals surface area contributed by atoms with Gasteiger partial charge >= 0.3 is 0 Å². The largest absolute Gasteiger partial charge is 0.382 e. The number of benzene rings is 1. The maximum atomic E-state index is 11.6. The van der Waals surface area contributed by atoms with E-state index in [1.807, 2.05) is 24.3 Å². The molecule has 1 aromatic rings. The molecule has 3 nitrogen and oxygen atoms in total. The van der Waals surface area contributed by atoms with E-state index in [1.165, 1.54) is 25.7 Å². The van der Waals surface area contributed by atoms with Crippen molar-refractivity contribution >= 4 is 11.6 Å². The van der Waals surface area contributed by atoms with Gasteiger partial charge in [-0.2, -0.15) is 0 Å². The first-order chi connectivity index (χ1) is 8.69. The molecule has 0 bridgehead atoms. The smallest absolute Gasteiger partial charge is 0.251 e. The predicted octanol–water partition coefficient (Wildman–Crippen LogP) is 3.04. The topological polar surface area (TPSA) is 41.1 Å². The molecule has 0 aliphatic heterocycles. The molecule has 2 N–H and O–H groups in total.